The largest absolute Gasteiger partial charge is 0.304 e. The molecule has 1 atom stereocenters. The van der Waals surface area contributed by atoms with E-state index in [-0.39, 0.29) is 11.9 Å². The highest BCUT2D eigenvalue weighted by atomic mass is 19.1. The minimum atomic E-state index is -0.233. The molecule has 4 nitrogen and oxygen atoms in total. The van der Waals surface area contributed by atoms with Crippen LogP contribution in [0.25, 0.3) is 11.3 Å². The zero-order chi connectivity index (χ0) is 17.9. The van der Waals surface area contributed by atoms with Crippen molar-refractivity contribution in [2.24, 2.45) is 0 Å². The van der Waals surface area contributed by atoms with E-state index < -0.39 is 0 Å². The number of hydrogen-bond donors (Lipinski definition) is 1. The van der Waals surface area contributed by atoms with Crippen molar-refractivity contribution in [2.45, 2.75) is 6.04 Å². The molecule has 2 heterocycles. The van der Waals surface area contributed by atoms with Crippen LogP contribution in [0.4, 0.5) is 4.39 Å². The number of nitrogens with zero attached hydrogens (tertiary/aromatic N) is 3. The summed E-state index contributed by atoms with van der Waals surface area (Å²) in [4.78, 5) is 4.80. The first-order chi connectivity index (χ1) is 12.7. The Morgan fingerprint density at radius 3 is 2.38 bits per heavy atom. The lowest BCUT2D eigenvalue weighted by atomic mass is 9.94. The average molecular weight is 350 g/mol. The molecule has 1 aromatic heterocycles. The molecule has 4 rings (SSSR count). The third-order valence-corrected chi connectivity index (χ3v) is 5.12. The van der Waals surface area contributed by atoms with E-state index >= 15 is 0 Å². The number of nitrogens with one attached hydrogen (secondary N) is 1. The van der Waals surface area contributed by atoms with Crippen LogP contribution in [0.3, 0.4) is 0 Å². The van der Waals surface area contributed by atoms with E-state index in [2.05, 4.69) is 51.3 Å². The Balaban J connectivity index is 1.79. The van der Waals surface area contributed by atoms with Crippen molar-refractivity contribution in [3.63, 3.8) is 0 Å². The molecule has 0 spiro atoms. The van der Waals surface area contributed by atoms with Crippen LogP contribution in [-0.4, -0.2) is 53.2 Å². The fourth-order valence-electron chi connectivity index (χ4n) is 3.68. The molecule has 0 radical (unpaired) electrons. The van der Waals surface area contributed by atoms with Crippen LogP contribution >= 0.6 is 0 Å². The molecule has 5 heteroatoms. The van der Waals surface area contributed by atoms with E-state index in [1.807, 2.05) is 18.3 Å². The third-order valence-electron chi connectivity index (χ3n) is 5.12. The van der Waals surface area contributed by atoms with E-state index in [1.165, 1.54) is 11.6 Å². The van der Waals surface area contributed by atoms with Gasteiger partial charge in [0.05, 0.1) is 17.9 Å². The molecule has 0 bridgehead atoms. The zero-order valence-electron chi connectivity index (χ0n) is 14.9. The topological polar surface area (TPSA) is 35.2 Å². The second kappa shape index (κ2) is 7.40. The smallest absolute Gasteiger partial charge is 0.132 e. The highest BCUT2D eigenvalue weighted by molar-refractivity contribution is 5.65. The van der Waals surface area contributed by atoms with Gasteiger partial charge in [-0.1, -0.05) is 42.5 Å². The number of aromatic nitrogens is 2. The van der Waals surface area contributed by atoms with Crippen LogP contribution in [0.1, 0.15) is 17.2 Å². The summed E-state index contributed by atoms with van der Waals surface area (Å²) < 4.78 is 14.4. The van der Waals surface area contributed by atoms with E-state index in [0.29, 0.717) is 5.56 Å². The summed E-state index contributed by atoms with van der Waals surface area (Å²) in [6.45, 7) is 3.99. The number of benzene rings is 2. The fraction of sp³-hybridized carbons (Fsp3) is 0.286. The fourth-order valence-corrected chi connectivity index (χ4v) is 3.68. The molecule has 2 aromatic carbocycles. The monoisotopic (exact) mass is 350 g/mol. The average Bonchev–Trinajstić information content (AvgIpc) is 3.14. The molecule has 134 valence electrons. The first kappa shape index (κ1) is 16.9. The Labute approximate surface area is 153 Å². The van der Waals surface area contributed by atoms with E-state index in [0.717, 1.165) is 37.4 Å². The van der Waals surface area contributed by atoms with Crippen LogP contribution in [-0.2, 0) is 0 Å². The maximum Gasteiger partial charge on any atom is 0.132 e. The van der Waals surface area contributed by atoms with Gasteiger partial charge in [0.25, 0.3) is 0 Å². The molecule has 1 fully saturated rings. The van der Waals surface area contributed by atoms with Gasteiger partial charge in [-0.15, -0.1) is 0 Å². The van der Waals surface area contributed by atoms with Crippen molar-refractivity contribution in [3.05, 3.63) is 77.7 Å². The van der Waals surface area contributed by atoms with E-state index in [4.69, 9.17) is 0 Å². The Kier molecular flexibility index (Phi) is 4.82. The minimum absolute atomic E-state index is 0.0539. The minimum Gasteiger partial charge on any atom is -0.304 e. The van der Waals surface area contributed by atoms with Gasteiger partial charge in [0.1, 0.15) is 5.82 Å². The highest BCUT2D eigenvalue weighted by Gasteiger charge is 2.29. The van der Waals surface area contributed by atoms with Crippen LogP contribution < -0.4 is 0 Å². The second-order valence-electron chi connectivity index (χ2n) is 6.83. The molecule has 1 saturated heterocycles. The number of likely N-dealkylation sites (N-methyl/N-ethyl adjacent to an activating group) is 1. The van der Waals surface area contributed by atoms with Crippen molar-refractivity contribution in [2.75, 3.05) is 33.2 Å². The normalized spacial score (nSPS) is 17.3. The lowest BCUT2D eigenvalue weighted by Gasteiger charge is -2.38. The lowest BCUT2D eigenvalue weighted by molar-refractivity contribution is 0.127. The number of piperazine rings is 1. The Morgan fingerprint density at radius 2 is 1.65 bits per heavy atom. The number of hydrogen-bond acceptors (Lipinski definition) is 3. The summed E-state index contributed by atoms with van der Waals surface area (Å²) in [5, 5.41) is 7.30. The predicted octanol–water partition coefficient (Wildman–Crippen LogP) is 3.55. The number of rotatable bonds is 4. The van der Waals surface area contributed by atoms with Gasteiger partial charge >= 0.3 is 0 Å². The van der Waals surface area contributed by atoms with Crippen molar-refractivity contribution >= 4 is 0 Å². The van der Waals surface area contributed by atoms with Crippen molar-refractivity contribution in [1.82, 2.24) is 20.0 Å². The number of aromatic amines is 1. The molecule has 0 amide bonds. The number of halogens is 1. The summed E-state index contributed by atoms with van der Waals surface area (Å²) in [6.07, 6.45) is 1.84. The van der Waals surface area contributed by atoms with Gasteiger partial charge in [0.2, 0.25) is 0 Å². The van der Waals surface area contributed by atoms with Crippen molar-refractivity contribution < 1.29 is 4.39 Å². The van der Waals surface area contributed by atoms with Gasteiger partial charge in [-0.2, -0.15) is 5.10 Å². The Bertz CT molecular complexity index is 853. The van der Waals surface area contributed by atoms with Crippen LogP contribution in [0.15, 0.2) is 60.8 Å². The van der Waals surface area contributed by atoms with Gasteiger partial charge in [-0.05, 0) is 24.7 Å². The van der Waals surface area contributed by atoms with Gasteiger partial charge < -0.3 is 4.90 Å². The van der Waals surface area contributed by atoms with Crippen LogP contribution in [0.2, 0.25) is 0 Å². The predicted molar refractivity (Wildman–Crippen MR) is 101 cm³/mol. The summed E-state index contributed by atoms with van der Waals surface area (Å²) in [7, 11) is 2.15. The summed E-state index contributed by atoms with van der Waals surface area (Å²) >= 11 is 0. The van der Waals surface area contributed by atoms with Gasteiger partial charge in [0, 0.05) is 37.3 Å². The maximum atomic E-state index is 14.4. The van der Waals surface area contributed by atoms with Gasteiger partial charge in [-0.25, -0.2) is 4.39 Å². The molecule has 0 aliphatic carbocycles. The summed E-state index contributed by atoms with van der Waals surface area (Å²) in [5.41, 5.74) is 3.55. The quantitative estimate of drug-likeness (QED) is 0.781. The molecular formula is C21H23FN4. The Morgan fingerprint density at radius 1 is 0.962 bits per heavy atom. The van der Waals surface area contributed by atoms with E-state index in [9.17, 15) is 4.39 Å². The molecule has 3 aromatic rings. The standard InChI is InChI=1S/C21H23FN4/c1-25-11-13-26(14-12-25)21(16-7-3-2-4-8-16)18-15-23-24-20(18)17-9-5-6-10-19(17)22/h2-10,15,21H,11-14H2,1H3,(H,23,24). The molecule has 1 aliphatic rings. The van der Waals surface area contributed by atoms with Gasteiger partial charge in [0.15, 0.2) is 0 Å². The van der Waals surface area contributed by atoms with E-state index in [1.54, 1.807) is 12.1 Å². The molecular weight excluding hydrogens is 327 g/mol. The molecule has 1 aliphatic heterocycles. The second-order valence-corrected chi connectivity index (χ2v) is 6.83. The molecule has 1 unspecified atom stereocenters. The third kappa shape index (κ3) is 3.28. The van der Waals surface area contributed by atoms with Crippen LogP contribution in [0.5, 0.6) is 0 Å². The first-order valence-electron chi connectivity index (χ1n) is 9.00. The summed E-state index contributed by atoms with van der Waals surface area (Å²) in [6, 6.07) is 17.3. The summed E-state index contributed by atoms with van der Waals surface area (Å²) in [5.74, 6) is -0.233. The number of H-pyrrole nitrogens is 1. The lowest BCUT2D eigenvalue weighted by Crippen LogP contribution is -2.46. The molecule has 26 heavy (non-hydrogen) atoms. The molecule has 1 N–H and O–H groups in total. The first-order valence-corrected chi connectivity index (χ1v) is 9.00. The van der Waals surface area contributed by atoms with Gasteiger partial charge in [-0.3, -0.25) is 10.00 Å². The maximum absolute atomic E-state index is 14.4. The zero-order valence-corrected chi connectivity index (χ0v) is 14.9. The Hall–Kier alpha value is -2.50. The van der Waals surface area contributed by atoms with Crippen LogP contribution in [0, 0.1) is 5.82 Å². The van der Waals surface area contributed by atoms with Crippen molar-refractivity contribution in [1.29, 1.82) is 0 Å². The molecule has 0 saturated carbocycles. The van der Waals surface area contributed by atoms with Crippen molar-refractivity contribution in [3.8, 4) is 11.3 Å². The SMILES string of the molecule is CN1CCN(C(c2ccccc2)c2cn[nH]c2-c2ccccc2F)CC1. The highest BCUT2D eigenvalue weighted by Crippen LogP contribution is 2.35.